The van der Waals surface area contributed by atoms with Crippen LogP contribution in [0.2, 0.25) is 0 Å². The maximum atomic E-state index is 12.8. The molecule has 1 aromatic rings. The van der Waals surface area contributed by atoms with Crippen LogP contribution in [0.5, 0.6) is 0 Å². The van der Waals surface area contributed by atoms with E-state index in [1.54, 1.807) is 6.08 Å². The highest BCUT2D eigenvalue weighted by Crippen LogP contribution is 2.33. The Balaban J connectivity index is 1.38. The highest BCUT2D eigenvalue weighted by Gasteiger charge is 2.51. The molecule has 1 aromatic carbocycles. The lowest BCUT2D eigenvalue weighted by molar-refractivity contribution is -0.142. The lowest BCUT2D eigenvalue weighted by Gasteiger charge is -2.26. The molecule has 3 unspecified atom stereocenters. The molecule has 3 fully saturated rings. The van der Waals surface area contributed by atoms with Crippen molar-refractivity contribution in [3.05, 3.63) is 41.5 Å². The predicted molar refractivity (Wildman–Crippen MR) is 115 cm³/mol. The van der Waals surface area contributed by atoms with E-state index in [-0.39, 0.29) is 29.8 Å². The van der Waals surface area contributed by atoms with Gasteiger partial charge in [0.25, 0.3) is 5.91 Å². The van der Waals surface area contributed by atoms with Crippen LogP contribution in [-0.2, 0) is 16.1 Å². The molecule has 3 aliphatic rings. The Kier molecular flexibility index (Phi) is 6.46. The standard InChI is InChI=1S/C24H33N3O2/c1-2-6-20-23-21(13-14-25-23)27(24(20)29)22(28)12-11-18-7-9-19(10-8-18)17-26-15-4-3-5-16-26/h7-12,20-21,23,25H,2-6,13-17H2,1H3/b12-11+. The molecular formula is C24H33N3O2. The average molecular weight is 396 g/mol. The van der Waals surface area contributed by atoms with Gasteiger partial charge in [-0.25, -0.2) is 0 Å². The normalized spacial score (nSPS) is 27.7. The van der Waals surface area contributed by atoms with Crippen molar-refractivity contribution in [2.24, 2.45) is 5.92 Å². The van der Waals surface area contributed by atoms with Crippen LogP contribution in [0.1, 0.15) is 56.6 Å². The van der Waals surface area contributed by atoms with Crippen molar-refractivity contribution < 1.29 is 9.59 Å². The molecule has 0 aromatic heterocycles. The van der Waals surface area contributed by atoms with Crippen LogP contribution in [0.4, 0.5) is 0 Å². The number of imide groups is 1. The van der Waals surface area contributed by atoms with E-state index in [0.29, 0.717) is 0 Å². The number of likely N-dealkylation sites (tertiary alicyclic amines) is 2. The van der Waals surface area contributed by atoms with Gasteiger partial charge in [-0.1, -0.05) is 44.0 Å². The summed E-state index contributed by atoms with van der Waals surface area (Å²) in [6.07, 6.45) is 10.0. The molecular weight excluding hydrogens is 362 g/mol. The van der Waals surface area contributed by atoms with Crippen molar-refractivity contribution >= 4 is 17.9 Å². The maximum Gasteiger partial charge on any atom is 0.253 e. The van der Waals surface area contributed by atoms with E-state index < -0.39 is 0 Å². The number of nitrogens with one attached hydrogen (secondary N) is 1. The van der Waals surface area contributed by atoms with Gasteiger partial charge in [0.05, 0.1) is 12.0 Å². The van der Waals surface area contributed by atoms with Crippen LogP contribution in [0.25, 0.3) is 6.08 Å². The van der Waals surface area contributed by atoms with Gasteiger partial charge in [-0.2, -0.15) is 0 Å². The second-order valence-corrected chi connectivity index (χ2v) is 8.69. The first-order valence-corrected chi connectivity index (χ1v) is 11.3. The number of carbonyl (C=O) groups is 2. The van der Waals surface area contributed by atoms with Crippen molar-refractivity contribution in [2.45, 2.75) is 64.1 Å². The predicted octanol–water partition coefficient (Wildman–Crippen LogP) is 3.20. The van der Waals surface area contributed by atoms with Gasteiger partial charge < -0.3 is 5.32 Å². The van der Waals surface area contributed by atoms with E-state index in [4.69, 9.17) is 0 Å². The molecule has 3 aliphatic heterocycles. The third kappa shape index (κ3) is 4.46. The van der Waals surface area contributed by atoms with Crippen LogP contribution in [0.15, 0.2) is 30.3 Å². The third-order valence-corrected chi connectivity index (χ3v) is 6.64. The Morgan fingerprint density at radius 3 is 2.66 bits per heavy atom. The second-order valence-electron chi connectivity index (χ2n) is 8.69. The molecule has 1 N–H and O–H groups in total. The Bertz CT molecular complexity index is 752. The average Bonchev–Trinajstić information content (AvgIpc) is 3.30. The van der Waals surface area contributed by atoms with Crippen LogP contribution in [0.3, 0.4) is 0 Å². The molecule has 4 rings (SSSR count). The lowest BCUT2D eigenvalue weighted by atomic mass is 9.95. The fourth-order valence-electron chi connectivity index (χ4n) is 5.15. The summed E-state index contributed by atoms with van der Waals surface area (Å²) in [5.41, 5.74) is 2.31. The topological polar surface area (TPSA) is 52.7 Å². The second kappa shape index (κ2) is 9.23. The van der Waals surface area contributed by atoms with E-state index >= 15 is 0 Å². The van der Waals surface area contributed by atoms with Gasteiger partial charge in [0.15, 0.2) is 0 Å². The number of hydrogen-bond acceptors (Lipinski definition) is 4. The van der Waals surface area contributed by atoms with E-state index in [9.17, 15) is 9.59 Å². The molecule has 0 bridgehead atoms. The molecule has 0 radical (unpaired) electrons. The summed E-state index contributed by atoms with van der Waals surface area (Å²) in [6, 6.07) is 8.57. The molecule has 3 atom stereocenters. The molecule has 2 amide bonds. The minimum atomic E-state index is -0.176. The lowest BCUT2D eigenvalue weighted by Crippen LogP contribution is -2.39. The van der Waals surface area contributed by atoms with Crippen molar-refractivity contribution in [3.63, 3.8) is 0 Å². The Morgan fingerprint density at radius 1 is 1.17 bits per heavy atom. The van der Waals surface area contributed by atoms with Crippen molar-refractivity contribution in [1.82, 2.24) is 15.1 Å². The van der Waals surface area contributed by atoms with Crippen LogP contribution < -0.4 is 5.32 Å². The quantitative estimate of drug-likeness (QED) is 0.752. The number of nitrogens with zero attached hydrogens (tertiary/aromatic N) is 2. The van der Waals surface area contributed by atoms with E-state index in [1.807, 2.05) is 6.08 Å². The van der Waals surface area contributed by atoms with Gasteiger partial charge >= 0.3 is 0 Å². The van der Waals surface area contributed by atoms with E-state index in [1.165, 1.54) is 42.8 Å². The van der Waals surface area contributed by atoms with Gasteiger partial charge in [-0.15, -0.1) is 0 Å². The first kappa shape index (κ1) is 20.3. The van der Waals surface area contributed by atoms with Gasteiger partial charge in [0.2, 0.25) is 5.91 Å². The van der Waals surface area contributed by atoms with Crippen LogP contribution in [-0.4, -0.2) is 53.3 Å². The number of piperidine rings is 1. The van der Waals surface area contributed by atoms with E-state index in [0.717, 1.165) is 37.9 Å². The Labute approximate surface area is 174 Å². The number of hydrogen-bond donors (Lipinski definition) is 1. The van der Waals surface area contributed by atoms with Gasteiger partial charge in [0, 0.05) is 18.7 Å². The van der Waals surface area contributed by atoms with E-state index in [2.05, 4.69) is 41.4 Å². The van der Waals surface area contributed by atoms with Crippen molar-refractivity contribution in [1.29, 1.82) is 0 Å². The first-order chi connectivity index (χ1) is 14.2. The zero-order valence-corrected chi connectivity index (χ0v) is 17.5. The molecule has 3 heterocycles. The molecule has 3 saturated heterocycles. The molecule has 5 nitrogen and oxygen atoms in total. The highest BCUT2D eigenvalue weighted by atomic mass is 16.2. The smallest absolute Gasteiger partial charge is 0.253 e. The maximum absolute atomic E-state index is 12.8. The molecule has 5 heteroatoms. The van der Waals surface area contributed by atoms with Gasteiger partial charge in [-0.05, 0) is 62.5 Å². The minimum Gasteiger partial charge on any atom is -0.311 e. The summed E-state index contributed by atoms with van der Waals surface area (Å²) < 4.78 is 0. The first-order valence-electron chi connectivity index (χ1n) is 11.3. The summed E-state index contributed by atoms with van der Waals surface area (Å²) >= 11 is 0. The number of amides is 2. The van der Waals surface area contributed by atoms with Crippen LogP contribution >= 0.6 is 0 Å². The van der Waals surface area contributed by atoms with Gasteiger partial charge in [-0.3, -0.25) is 19.4 Å². The Morgan fingerprint density at radius 2 is 1.93 bits per heavy atom. The molecule has 0 spiro atoms. The minimum absolute atomic E-state index is 0.000537. The molecule has 29 heavy (non-hydrogen) atoms. The summed E-state index contributed by atoms with van der Waals surface area (Å²) in [5, 5.41) is 3.44. The van der Waals surface area contributed by atoms with Gasteiger partial charge in [0.1, 0.15) is 0 Å². The monoisotopic (exact) mass is 395 g/mol. The molecule has 0 aliphatic carbocycles. The number of rotatable bonds is 6. The van der Waals surface area contributed by atoms with Crippen LogP contribution in [0, 0.1) is 5.92 Å². The summed E-state index contributed by atoms with van der Waals surface area (Å²) in [7, 11) is 0. The highest BCUT2D eigenvalue weighted by molar-refractivity contribution is 6.05. The van der Waals surface area contributed by atoms with Crippen molar-refractivity contribution in [3.8, 4) is 0 Å². The molecule has 156 valence electrons. The molecule has 0 saturated carbocycles. The van der Waals surface area contributed by atoms with Crippen molar-refractivity contribution in [2.75, 3.05) is 19.6 Å². The zero-order chi connectivity index (χ0) is 20.2. The SMILES string of the molecule is CCCC1C(=O)N(C(=O)/C=C/c2ccc(CN3CCCCC3)cc2)C2CCNC12. The number of fused-ring (bicyclic) bond motifs is 1. The number of benzene rings is 1. The fraction of sp³-hybridized carbons (Fsp3) is 0.583. The Hall–Kier alpha value is -1.98. The fourth-order valence-corrected chi connectivity index (χ4v) is 5.15. The zero-order valence-electron chi connectivity index (χ0n) is 17.5. The number of carbonyl (C=O) groups excluding carboxylic acids is 2. The largest absolute Gasteiger partial charge is 0.311 e. The summed E-state index contributed by atoms with van der Waals surface area (Å²) in [6.45, 7) is 6.36. The summed E-state index contributed by atoms with van der Waals surface area (Å²) in [4.78, 5) is 29.7. The third-order valence-electron chi connectivity index (χ3n) is 6.64. The summed E-state index contributed by atoms with van der Waals surface area (Å²) in [5.74, 6) is -0.232.